The second-order valence-electron chi connectivity index (χ2n) is 8.08. The Labute approximate surface area is 175 Å². The average Bonchev–Trinajstić information content (AvgIpc) is 3.15. The highest BCUT2D eigenvalue weighted by atomic mass is 19.4. The van der Waals surface area contributed by atoms with E-state index < -0.39 is 23.7 Å². The van der Waals surface area contributed by atoms with Crippen molar-refractivity contribution in [1.29, 1.82) is 0 Å². The van der Waals surface area contributed by atoms with E-state index in [1.807, 2.05) is 14.0 Å². The van der Waals surface area contributed by atoms with Gasteiger partial charge in [0.1, 0.15) is 18.2 Å². The molecule has 3 heterocycles. The van der Waals surface area contributed by atoms with Crippen LogP contribution in [0.4, 0.5) is 17.6 Å². The number of halogens is 4. The molecule has 1 saturated heterocycles. The van der Waals surface area contributed by atoms with Gasteiger partial charge < -0.3 is 19.1 Å². The summed E-state index contributed by atoms with van der Waals surface area (Å²) in [6.07, 6.45) is -3.10. The molecule has 1 unspecified atom stereocenters. The number of rotatable bonds is 2. The van der Waals surface area contributed by atoms with Crippen molar-refractivity contribution in [3.05, 3.63) is 29.4 Å². The van der Waals surface area contributed by atoms with E-state index in [4.69, 9.17) is 4.74 Å². The maximum atomic E-state index is 15.0. The van der Waals surface area contributed by atoms with Crippen molar-refractivity contribution >= 4 is 5.91 Å². The molecule has 0 saturated carbocycles. The Hall–Kier alpha value is -2.69. The molecule has 0 aliphatic carbocycles. The van der Waals surface area contributed by atoms with Crippen LogP contribution < -0.4 is 4.74 Å². The monoisotopic (exact) mass is 442 g/mol. The van der Waals surface area contributed by atoms with Crippen LogP contribution in [-0.4, -0.2) is 58.6 Å². The molecule has 0 N–H and O–H groups in total. The minimum atomic E-state index is -4.80. The van der Waals surface area contributed by atoms with E-state index in [1.54, 1.807) is 4.90 Å². The lowest BCUT2D eigenvalue weighted by molar-refractivity contribution is -0.159. The van der Waals surface area contributed by atoms with Gasteiger partial charge in [-0.2, -0.15) is 18.2 Å². The molecule has 0 bridgehead atoms. The standard InChI is InChI=1S/C20H22F4N4O3/c1-11-10-30-16-7-13(17-25-19(31-26-17)20(22,23)24)6-15(21)14(16)9-28(11)18(29)12-4-3-5-27(2)8-12/h6-7,11-12H,3-5,8-10H2,1-2H3/t11-,12?/m0/s1. The first-order valence-electron chi connectivity index (χ1n) is 9.99. The number of carbonyl (C=O) groups is 1. The third-order valence-corrected chi connectivity index (χ3v) is 5.68. The molecule has 0 radical (unpaired) electrons. The third-order valence-electron chi connectivity index (χ3n) is 5.68. The Kier molecular flexibility index (Phi) is 5.63. The number of benzene rings is 1. The molecule has 1 amide bonds. The molecule has 1 fully saturated rings. The van der Waals surface area contributed by atoms with Crippen molar-refractivity contribution in [2.45, 2.75) is 38.5 Å². The summed E-state index contributed by atoms with van der Waals surface area (Å²) in [7, 11) is 1.97. The van der Waals surface area contributed by atoms with Gasteiger partial charge >= 0.3 is 12.1 Å². The van der Waals surface area contributed by atoms with Crippen molar-refractivity contribution < 1.29 is 31.6 Å². The zero-order valence-electron chi connectivity index (χ0n) is 17.1. The van der Waals surface area contributed by atoms with E-state index in [2.05, 4.69) is 19.6 Å². The summed E-state index contributed by atoms with van der Waals surface area (Å²) in [4.78, 5) is 20.2. The van der Waals surface area contributed by atoms with Gasteiger partial charge in [-0.3, -0.25) is 4.79 Å². The Morgan fingerprint density at radius 1 is 1.29 bits per heavy atom. The lowest BCUT2D eigenvalue weighted by Crippen LogP contribution is -2.47. The minimum absolute atomic E-state index is 0.00293. The van der Waals surface area contributed by atoms with Crippen LogP contribution >= 0.6 is 0 Å². The van der Waals surface area contributed by atoms with Crippen LogP contribution in [0.25, 0.3) is 11.4 Å². The Morgan fingerprint density at radius 2 is 2.06 bits per heavy atom. The van der Waals surface area contributed by atoms with E-state index in [0.29, 0.717) is 6.54 Å². The first-order chi connectivity index (χ1) is 14.6. The topological polar surface area (TPSA) is 71.7 Å². The number of ether oxygens (including phenoxy) is 1. The summed E-state index contributed by atoms with van der Waals surface area (Å²) in [5.41, 5.74) is 0.169. The molecule has 1 aromatic carbocycles. The number of hydrogen-bond acceptors (Lipinski definition) is 6. The second kappa shape index (κ2) is 8.10. The molecule has 2 aliphatic heterocycles. The van der Waals surface area contributed by atoms with Crippen LogP contribution in [0.1, 0.15) is 31.2 Å². The number of fused-ring (bicyclic) bond motifs is 1. The SMILES string of the molecule is C[C@H]1COc2cc(-c3noc(C(F)(F)F)n3)cc(F)c2CN1C(=O)C1CCCN(C)C1. The number of carbonyl (C=O) groups excluding carboxylic acids is 1. The molecule has 0 spiro atoms. The quantitative estimate of drug-likeness (QED) is 0.665. The van der Waals surface area contributed by atoms with Crippen molar-refractivity contribution in [3.63, 3.8) is 0 Å². The predicted octanol–water partition coefficient (Wildman–Crippen LogP) is 3.35. The molecular formula is C20H22F4N4O3. The van der Waals surface area contributed by atoms with Gasteiger partial charge in [0.05, 0.1) is 18.5 Å². The summed E-state index contributed by atoms with van der Waals surface area (Å²) in [6, 6.07) is 2.11. The summed E-state index contributed by atoms with van der Waals surface area (Å²) in [5, 5.41) is 3.30. The maximum Gasteiger partial charge on any atom is 0.471 e. The molecule has 11 heteroatoms. The highest BCUT2D eigenvalue weighted by molar-refractivity contribution is 5.80. The predicted molar refractivity (Wildman–Crippen MR) is 100 cm³/mol. The van der Waals surface area contributed by atoms with E-state index in [-0.39, 0.29) is 47.9 Å². The van der Waals surface area contributed by atoms with E-state index in [9.17, 15) is 22.4 Å². The fourth-order valence-electron chi connectivity index (χ4n) is 4.00. The van der Waals surface area contributed by atoms with Gasteiger partial charge in [-0.25, -0.2) is 4.39 Å². The Morgan fingerprint density at radius 3 is 2.74 bits per heavy atom. The smallest absolute Gasteiger partial charge is 0.471 e. The average molecular weight is 442 g/mol. The molecule has 2 atom stereocenters. The van der Waals surface area contributed by atoms with Crippen LogP contribution in [0.3, 0.4) is 0 Å². The summed E-state index contributed by atoms with van der Waals surface area (Å²) in [6.45, 7) is 3.56. The first kappa shape index (κ1) is 21.5. The van der Waals surface area contributed by atoms with Crippen LogP contribution in [0, 0.1) is 11.7 Å². The highest BCUT2D eigenvalue weighted by Crippen LogP contribution is 2.35. The number of piperidine rings is 1. The molecule has 168 valence electrons. The number of amides is 1. The summed E-state index contributed by atoms with van der Waals surface area (Å²) < 4.78 is 63.1. The van der Waals surface area contributed by atoms with Gasteiger partial charge in [0, 0.05) is 17.7 Å². The highest BCUT2D eigenvalue weighted by Gasteiger charge is 2.39. The zero-order chi connectivity index (χ0) is 22.3. The van der Waals surface area contributed by atoms with Crippen molar-refractivity contribution in [2.24, 2.45) is 5.92 Å². The van der Waals surface area contributed by atoms with Crippen LogP contribution in [0.15, 0.2) is 16.7 Å². The van der Waals surface area contributed by atoms with Crippen molar-refractivity contribution in [3.8, 4) is 17.1 Å². The number of nitrogens with zero attached hydrogens (tertiary/aromatic N) is 4. The first-order valence-corrected chi connectivity index (χ1v) is 9.99. The number of likely N-dealkylation sites (tertiary alicyclic amines) is 1. The number of hydrogen-bond donors (Lipinski definition) is 0. The molecule has 2 aromatic rings. The lowest BCUT2D eigenvalue weighted by Gasteiger charge is -2.34. The molecule has 7 nitrogen and oxygen atoms in total. The summed E-state index contributed by atoms with van der Waals surface area (Å²) >= 11 is 0. The van der Waals surface area contributed by atoms with E-state index >= 15 is 0 Å². The van der Waals surface area contributed by atoms with Crippen molar-refractivity contribution in [1.82, 2.24) is 19.9 Å². The lowest BCUT2D eigenvalue weighted by atomic mass is 9.96. The fourth-order valence-corrected chi connectivity index (χ4v) is 4.00. The molecule has 1 aromatic heterocycles. The zero-order valence-corrected chi connectivity index (χ0v) is 17.1. The molecular weight excluding hydrogens is 420 g/mol. The van der Waals surface area contributed by atoms with E-state index in [0.717, 1.165) is 25.5 Å². The van der Waals surface area contributed by atoms with Crippen LogP contribution in [0.2, 0.25) is 0 Å². The second-order valence-corrected chi connectivity index (χ2v) is 8.08. The van der Waals surface area contributed by atoms with Gasteiger partial charge in [0.25, 0.3) is 0 Å². The van der Waals surface area contributed by atoms with Gasteiger partial charge in [-0.1, -0.05) is 5.16 Å². The number of alkyl halides is 3. The normalized spacial score (nSPS) is 22.6. The Bertz CT molecular complexity index is 978. The fraction of sp³-hybridized carbons (Fsp3) is 0.550. The third kappa shape index (κ3) is 4.36. The van der Waals surface area contributed by atoms with E-state index in [1.165, 1.54) is 6.07 Å². The van der Waals surface area contributed by atoms with Crippen LogP contribution in [0.5, 0.6) is 5.75 Å². The van der Waals surface area contributed by atoms with Crippen LogP contribution in [-0.2, 0) is 17.5 Å². The summed E-state index contributed by atoms with van der Waals surface area (Å²) in [5.74, 6) is -2.68. The van der Waals surface area contributed by atoms with Gasteiger partial charge in [-0.15, -0.1) is 0 Å². The van der Waals surface area contributed by atoms with Crippen molar-refractivity contribution in [2.75, 3.05) is 26.7 Å². The molecule has 2 aliphatic rings. The minimum Gasteiger partial charge on any atom is -0.491 e. The molecule has 4 rings (SSSR count). The van der Waals surface area contributed by atoms with Gasteiger partial charge in [0.2, 0.25) is 11.7 Å². The maximum absolute atomic E-state index is 15.0. The van der Waals surface area contributed by atoms with Gasteiger partial charge in [-0.05, 0) is 45.5 Å². The Balaban J connectivity index is 1.61. The number of aromatic nitrogens is 2. The van der Waals surface area contributed by atoms with Gasteiger partial charge in [0.15, 0.2) is 0 Å². The largest absolute Gasteiger partial charge is 0.491 e. The molecule has 31 heavy (non-hydrogen) atoms.